The summed E-state index contributed by atoms with van der Waals surface area (Å²) < 4.78 is 16.5. The maximum Gasteiger partial charge on any atom is 0.303 e. The fourth-order valence-corrected chi connectivity index (χ4v) is 2.07. The van der Waals surface area contributed by atoms with Crippen molar-refractivity contribution >= 4 is 5.97 Å². The Morgan fingerprint density at radius 2 is 2.37 bits per heavy atom. The molecule has 1 saturated heterocycles. The predicted molar refractivity (Wildman–Crippen MR) is 68.8 cm³/mol. The molecule has 0 radical (unpaired) electrons. The molecule has 1 aromatic rings. The minimum Gasteiger partial charge on any atom is -0.493 e. The number of aryl methyl sites for hydroxylation is 1. The Morgan fingerprint density at radius 3 is 3.00 bits per heavy atom. The maximum atomic E-state index is 10.7. The van der Waals surface area contributed by atoms with E-state index in [1.54, 1.807) is 7.11 Å². The maximum absolute atomic E-state index is 10.7. The average molecular weight is 266 g/mol. The van der Waals surface area contributed by atoms with Gasteiger partial charge in [0.1, 0.15) is 6.10 Å². The minimum absolute atomic E-state index is 0.0138. The molecule has 0 aromatic heterocycles. The highest BCUT2D eigenvalue weighted by atomic mass is 16.6. The zero-order valence-electron chi connectivity index (χ0n) is 10.9. The number of carboxylic acid groups (broad SMARTS) is 1. The van der Waals surface area contributed by atoms with E-state index in [9.17, 15) is 4.79 Å². The number of carbonyl (C=O) groups is 1. The molecule has 1 aliphatic heterocycles. The van der Waals surface area contributed by atoms with Crippen molar-refractivity contribution in [2.24, 2.45) is 0 Å². The second kappa shape index (κ2) is 6.43. The van der Waals surface area contributed by atoms with Crippen molar-refractivity contribution in [3.05, 3.63) is 23.8 Å². The molecule has 104 valence electrons. The van der Waals surface area contributed by atoms with E-state index in [4.69, 9.17) is 19.3 Å². The van der Waals surface area contributed by atoms with Crippen LogP contribution in [-0.4, -0.2) is 37.5 Å². The molecule has 5 nitrogen and oxygen atoms in total. The molecule has 1 aliphatic rings. The molecule has 0 amide bonds. The summed E-state index contributed by atoms with van der Waals surface area (Å²) in [5.41, 5.74) is 0.855. The third kappa shape index (κ3) is 3.61. The van der Waals surface area contributed by atoms with E-state index < -0.39 is 5.97 Å². The lowest BCUT2D eigenvalue weighted by Gasteiger charge is -2.18. The van der Waals surface area contributed by atoms with Gasteiger partial charge in [-0.1, -0.05) is 12.1 Å². The van der Waals surface area contributed by atoms with Gasteiger partial charge in [-0.3, -0.25) is 4.79 Å². The van der Waals surface area contributed by atoms with Crippen molar-refractivity contribution in [1.82, 2.24) is 0 Å². The van der Waals surface area contributed by atoms with E-state index in [-0.39, 0.29) is 12.5 Å². The first-order valence-electron chi connectivity index (χ1n) is 6.32. The molecule has 1 atom stereocenters. The zero-order chi connectivity index (χ0) is 13.7. The Kier molecular flexibility index (Phi) is 4.63. The van der Waals surface area contributed by atoms with Crippen LogP contribution in [0.15, 0.2) is 18.2 Å². The quantitative estimate of drug-likeness (QED) is 0.851. The van der Waals surface area contributed by atoms with Gasteiger partial charge in [0.15, 0.2) is 11.5 Å². The van der Waals surface area contributed by atoms with Crippen molar-refractivity contribution in [3.8, 4) is 11.5 Å². The van der Waals surface area contributed by atoms with Crippen LogP contribution in [0.5, 0.6) is 11.5 Å². The molecule has 0 aliphatic carbocycles. The van der Waals surface area contributed by atoms with Gasteiger partial charge in [-0.15, -0.1) is 0 Å². The van der Waals surface area contributed by atoms with E-state index in [1.807, 2.05) is 18.2 Å². The van der Waals surface area contributed by atoms with Crippen LogP contribution in [-0.2, 0) is 16.0 Å². The van der Waals surface area contributed by atoms with Gasteiger partial charge in [-0.2, -0.15) is 0 Å². The lowest BCUT2D eigenvalue weighted by Crippen LogP contribution is -2.17. The zero-order valence-corrected chi connectivity index (χ0v) is 10.9. The number of hydrogen-bond donors (Lipinski definition) is 1. The Balaban J connectivity index is 2.17. The number of rotatable bonds is 6. The molecule has 5 heteroatoms. The summed E-state index contributed by atoms with van der Waals surface area (Å²) in [5.74, 6) is 0.453. The Labute approximate surface area is 112 Å². The van der Waals surface area contributed by atoms with Crippen molar-refractivity contribution < 1.29 is 24.1 Å². The highest BCUT2D eigenvalue weighted by Gasteiger charge is 2.21. The third-order valence-electron chi connectivity index (χ3n) is 3.06. The second-order valence-corrected chi connectivity index (χ2v) is 4.45. The van der Waals surface area contributed by atoms with Gasteiger partial charge in [-0.05, 0) is 18.1 Å². The third-order valence-corrected chi connectivity index (χ3v) is 3.06. The van der Waals surface area contributed by atoms with Crippen LogP contribution in [0.25, 0.3) is 0 Å². The summed E-state index contributed by atoms with van der Waals surface area (Å²) in [4.78, 5) is 10.7. The van der Waals surface area contributed by atoms with Crippen molar-refractivity contribution in [3.63, 3.8) is 0 Å². The number of ether oxygens (including phenoxy) is 3. The van der Waals surface area contributed by atoms with Crippen LogP contribution in [0.1, 0.15) is 18.4 Å². The predicted octanol–water partition coefficient (Wildman–Crippen LogP) is 1.88. The lowest BCUT2D eigenvalue weighted by molar-refractivity contribution is -0.136. The summed E-state index contributed by atoms with van der Waals surface area (Å²) in [6, 6.07) is 5.53. The monoisotopic (exact) mass is 266 g/mol. The summed E-state index contributed by atoms with van der Waals surface area (Å²) in [7, 11) is 1.58. The van der Waals surface area contributed by atoms with Crippen LogP contribution in [0, 0.1) is 0 Å². The van der Waals surface area contributed by atoms with Crippen LogP contribution in [0.3, 0.4) is 0 Å². The van der Waals surface area contributed by atoms with Crippen LogP contribution < -0.4 is 9.47 Å². The fraction of sp³-hybridized carbons (Fsp3) is 0.500. The molecule has 0 bridgehead atoms. The normalized spacial score (nSPS) is 18.3. The summed E-state index contributed by atoms with van der Waals surface area (Å²) in [6.07, 6.45) is 1.36. The summed E-state index contributed by atoms with van der Waals surface area (Å²) >= 11 is 0. The SMILES string of the molecule is COc1cccc(CCC(=O)O)c1OC1CCOC1. The Bertz CT molecular complexity index is 437. The van der Waals surface area contributed by atoms with Gasteiger partial charge in [-0.25, -0.2) is 0 Å². The molecular weight excluding hydrogens is 248 g/mol. The smallest absolute Gasteiger partial charge is 0.303 e. The molecule has 1 N–H and O–H groups in total. The molecule has 0 spiro atoms. The first-order chi connectivity index (χ1) is 9.20. The standard InChI is InChI=1S/C14H18O5/c1-17-12-4-2-3-10(5-6-13(15)16)14(12)19-11-7-8-18-9-11/h2-4,11H,5-9H2,1H3,(H,15,16). The van der Waals surface area contributed by atoms with E-state index in [0.29, 0.717) is 31.1 Å². The topological polar surface area (TPSA) is 65.0 Å². The molecule has 1 unspecified atom stereocenters. The largest absolute Gasteiger partial charge is 0.493 e. The molecule has 1 heterocycles. The number of benzene rings is 1. The molecule has 0 saturated carbocycles. The Hall–Kier alpha value is -1.75. The molecule has 1 aromatic carbocycles. The Morgan fingerprint density at radius 1 is 1.53 bits per heavy atom. The van der Waals surface area contributed by atoms with Crippen molar-refractivity contribution in [2.75, 3.05) is 20.3 Å². The fourth-order valence-electron chi connectivity index (χ4n) is 2.07. The van der Waals surface area contributed by atoms with Crippen molar-refractivity contribution in [1.29, 1.82) is 0 Å². The van der Waals surface area contributed by atoms with Crippen molar-refractivity contribution in [2.45, 2.75) is 25.4 Å². The van der Waals surface area contributed by atoms with Gasteiger partial charge >= 0.3 is 5.97 Å². The molecule has 1 fully saturated rings. The van der Waals surface area contributed by atoms with E-state index in [1.165, 1.54) is 0 Å². The first-order valence-corrected chi connectivity index (χ1v) is 6.32. The van der Waals surface area contributed by atoms with Crippen LogP contribution >= 0.6 is 0 Å². The first kappa shape index (κ1) is 13.7. The highest BCUT2D eigenvalue weighted by molar-refractivity contribution is 5.67. The van der Waals surface area contributed by atoms with Crippen LogP contribution in [0.4, 0.5) is 0 Å². The number of aliphatic carboxylic acids is 1. The molecule has 2 rings (SSSR count). The van der Waals surface area contributed by atoms with Crippen LogP contribution in [0.2, 0.25) is 0 Å². The van der Waals surface area contributed by atoms with Gasteiger partial charge in [0.05, 0.1) is 20.3 Å². The number of para-hydroxylation sites is 1. The van der Waals surface area contributed by atoms with Gasteiger partial charge in [0.25, 0.3) is 0 Å². The highest BCUT2D eigenvalue weighted by Crippen LogP contribution is 2.33. The number of carboxylic acids is 1. The van der Waals surface area contributed by atoms with Gasteiger partial charge in [0.2, 0.25) is 0 Å². The number of methoxy groups -OCH3 is 1. The van der Waals surface area contributed by atoms with Gasteiger partial charge in [0, 0.05) is 12.8 Å². The lowest BCUT2D eigenvalue weighted by atomic mass is 10.1. The molecular formula is C14H18O5. The van der Waals surface area contributed by atoms with E-state index in [2.05, 4.69) is 0 Å². The number of hydrogen-bond acceptors (Lipinski definition) is 4. The minimum atomic E-state index is -0.821. The van der Waals surface area contributed by atoms with E-state index in [0.717, 1.165) is 12.0 Å². The molecule has 19 heavy (non-hydrogen) atoms. The van der Waals surface area contributed by atoms with Gasteiger partial charge < -0.3 is 19.3 Å². The second-order valence-electron chi connectivity index (χ2n) is 4.45. The summed E-state index contributed by atoms with van der Waals surface area (Å²) in [5, 5.41) is 8.78. The summed E-state index contributed by atoms with van der Waals surface area (Å²) in [6.45, 7) is 1.26. The van der Waals surface area contributed by atoms with E-state index >= 15 is 0 Å². The average Bonchev–Trinajstić information content (AvgIpc) is 2.90.